The molecule has 3 aromatic carbocycles. The third-order valence-corrected chi connectivity index (χ3v) is 3.85. The zero-order valence-corrected chi connectivity index (χ0v) is 14.6. The van der Waals surface area contributed by atoms with Crippen LogP contribution in [0, 0.1) is 0 Å². The van der Waals surface area contributed by atoms with Crippen molar-refractivity contribution >= 4 is 12.2 Å². The number of hydrogen-bond donors (Lipinski definition) is 1. The second-order valence-electron chi connectivity index (χ2n) is 5.82. The number of oxime groups is 1. The van der Waals surface area contributed by atoms with Gasteiger partial charge in [-0.3, -0.25) is 0 Å². The number of carboxylic acids is 1. The third-order valence-electron chi connectivity index (χ3n) is 3.85. The van der Waals surface area contributed by atoms with E-state index in [0.717, 1.165) is 16.7 Å². The summed E-state index contributed by atoms with van der Waals surface area (Å²) in [5, 5.41) is 13.0. The third kappa shape index (κ3) is 5.44. The average molecular weight is 361 g/mol. The maximum atomic E-state index is 10.9. The molecule has 0 aliphatic rings. The first-order valence-corrected chi connectivity index (χ1v) is 8.46. The molecule has 0 saturated heterocycles. The van der Waals surface area contributed by atoms with Crippen molar-refractivity contribution in [2.75, 3.05) is 0 Å². The molecule has 0 amide bonds. The topological polar surface area (TPSA) is 68.1 Å². The van der Waals surface area contributed by atoms with Crippen molar-refractivity contribution in [3.8, 4) is 5.75 Å². The van der Waals surface area contributed by atoms with Gasteiger partial charge in [0.05, 0.1) is 11.8 Å². The van der Waals surface area contributed by atoms with Gasteiger partial charge in [-0.2, -0.15) is 0 Å². The Kier molecular flexibility index (Phi) is 6.20. The van der Waals surface area contributed by atoms with Gasteiger partial charge >= 0.3 is 5.97 Å². The van der Waals surface area contributed by atoms with Crippen LogP contribution < -0.4 is 4.74 Å². The molecule has 27 heavy (non-hydrogen) atoms. The minimum atomic E-state index is -0.945. The van der Waals surface area contributed by atoms with E-state index in [1.807, 2.05) is 54.6 Å². The molecule has 0 aliphatic heterocycles. The predicted molar refractivity (Wildman–Crippen MR) is 103 cm³/mol. The number of carbonyl (C=O) groups is 1. The summed E-state index contributed by atoms with van der Waals surface area (Å²) in [6, 6.07) is 23.9. The van der Waals surface area contributed by atoms with Crippen LogP contribution in [0.15, 0.2) is 84.0 Å². The Balaban J connectivity index is 1.58. The quantitative estimate of drug-likeness (QED) is 0.473. The molecule has 0 bridgehead atoms. The molecule has 3 rings (SSSR count). The number of carboxylic acid groups (broad SMARTS) is 1. The van der Waals surface area contributed by atoms with Gasteiger partial charge in [0, 0.05) is 5.56 Å². The first kappa shape index (κ1) is 18.2. The van der Waals surface area contributed by atoms with Crippen LogP contribution in [0.5, 0.6) is 5.75 Å². The lowest BCUT2D eigenvalue weighted by molar-refractivity contribution is 0.0697. The lowest BCUT2D eigenvalue weighted by Crippen LogP contribution is -2.00. The largest absolute Gasteiger partial charge is 0.488 e. The van der Waals surface area contributed by atoms with E-state index in [2.05, 4.69) is 5.16 Å². The van der Waals surface area contributed by atoms with Crippen LogP contribution in [0.2, 0.25) is 0 Å². The van der Waals surface area contributed by atoms with Gasteiger partial charge < -0.3 is 14.7 Å². The molecule has 0 aliphatic carbocycles. The van der Waals surface area contributed by atoms with Crippen molar-refractivity contribution in [1.29, 1.82) is 0 Å². The van der Waals surface area contributed by atoms with Gasteiger partial charge in [-0.1, -0.05) is 59.8 Å². The van der Waals surface area contributed by atoms with Crippen molar-refractivity contribution in [3.05, 3.63) is 101 Å². The molecule has 3 aromatic rings. The molecule has 0 heterocycles. The number of para-hydroxylation sites is 1. The molecule has 0 fully saturated rings. The number of rotatable bonds is 8. The van der Waals surface area contributed by atoms with Crippen molar-refractivity contribution in [3.63, 3.8) is 0 Å². The molecule has 0 unspecified atom stereocenters. The summed E-state index contributed by atoms with van der Waals surface area (Å²) >= 11 is 0. The summed E-state index contributed by atoms with van der Waals surface area (Å²) < 4.78 is 5.84. The Morgan fingerprint density at radius 2 is 1.52 bits per heavy atom. The molecule has 5 heteroatoms. The van der Waals surface area contributed by atoms with Gasteiger partial charge in [0.15, 0.2) is 0 Å². The van der Waals surface area contributed by atoms with E-state index in [1.54, 1.807) is 30.5 Å². The second kappa shape index (κ2) is 9.20. The van der Waals surface area contributed by atoms with Gasteiger partial charge in [-0.25, -0.2) is 4.79 Å². The van der Waals surface area contributed by atoms with Gasteiger partial charge in [0.1, 0.15) is 19.0 Å². The highest BCUT2D eigenvalue weighted by molar-refractivity contribution is 5.87. The van der Waals surface area contributed by atoms with Crippen LogP contribution in [-0.2, 0) is 18.1 Å². The van der Waals surface area contributed by atoms with Gasteiger partial charge in [0.2, 0.25) is 0 Å². The molecule has 0 atom stereocenters. The van der Waals surface area contributed by atoms with E-state index in [4.69, 9.17) is 14.7 Å². The highest BCUT2D eigenvalue weighted by atomic mass is 16.6. The number of benzene rings is 3. The Bertz CT molecular complexity index is 905. The van der Waals surface area contributed by atoms with Crippen LogP contribution in [0.3, 0.4) is 0 Å². The van der Waals surface area contributed by atoms with Crippen LogP contribution in [0.1, 0.15) is 27.0 Å². The minimum Gasteiger partial charge on any atom is -0.488 e. The Morgan fingerprint density at radius 3 is 2.26 bits per heavy atom. The molecule has 136 valence electrons. The predicted octanol–water partition coefficient (Wildman–Crippen LogP) is 4.51. The zero-order valence-electron chi connectivity index (χ0n) is 14.6. The van der Waals surface area contributed by atoms with Gasteiger partial charge in [-0.15, -0.1) is 0 Å². The summed E-state index contributed by atoms with van der Waals surface area (Å²) in [7, 11) is 0. The van der Waals surface area contributed by atoms with Crippen molar-refractivity contribution < 1.29 is 19.5 Å². The number of hydrogen-bond acceptors (Lipinski definition) is 4. The number of nitrogens with zero attached hydrogens (tertiary/aromatic N) is 1. The SMILES string of the molecule is O=C(O)c1ccc(COc2ccccc2/C=N\OCc2ccccc2)cc1. The summed E-state index contributed by atoms with van der Waals surface area (Å²) in [5.74, 6) is -0.272. The van der Waals surface area contributed by atoms with E-state index >= 15 is 0 Å². The second-order valence-corrected chi connectivity index (χ2v) is 5.82. The Morgan fingerprint density at radius 1 is 0.852 bits per heavy atom. The van der Waals surface area contributed by atoms with E-state index in [1.165, 1.54) is 0 Å². The molecule has 0 radical (unpaired) electrons. The minimum absolute atomic E-state index is 0.252. The van der Waals surface area contributed by atoms with Crippen LogP contribution in [0.25, 0.3) is 0 Å². The standard InChI is InChI=1S/C22H19NO4/c24-22(25)19-12-10-18(11-13-19)15-26-21-9-5-4-8-20(21)14-23-27-16-17-6-2-1-3-7-17/h1-14H,15-16H2,(H,24,25)/b23-14-. The summed E-state index contributed by atoms with van der Waals surface area (Å²) in [6.45, 7) is 0.728. The van der Waals surface area contributed by atoms with Crippen molar-refractivity contribution in [2.45, 2.75) is 13.2 Å². The fourth-order valence-electron chi connectivity index (χ4n) is 2.40. The summed E-state index contributed by atoms with van der Waals surface area (Å²) in [4.78, 5) is 16.2. The number of ether oxygens (including phenoxy) is 1. The summed E-state index contributed by atoms with van der Waals surface area (Å²) in [5.41, 5.74) is 2.98. The number of aromatic carboxylic acids is 1. The zero-order chi connectivity index (χ0) is 18.9. The molecule has 0 aromatic heterocycles. The van der Waals surface area contributed by atoms with Crippen LogP contribution >= 0.6 is 0 Å². The molecule has 5 nitrogen and oxygen atoms in total. The first-order valence-electron chi connectivity index (χ1n) is 8.46. The highest BCUT2D eigenvalue weighted by Gasteiger charge is 2.04. The fourth-order valence-corrected chi connectivity index (χ4v) is 2.40. The lowest BCUT2D eigenvalue weighted by atomic mass is 10.1. The van der Waals surface area contributed by atoms with Crippen LogP contribution in [0.4, 0.5) is 0 Å². The lowest BCUT2D eigenvalue weighted by Gasteiger charge is -2.09. The molecular formula is C22H19NO4. The monoisotopic (exact) mass is 361 g/mol. The first-order chi connectivity index (χ1) is 13.2. The van der Waals surface area contributed by atoms with Crippen molar-refractivity contribution in [1.82, 2.24) is 0 Å². The van der Waals surface area contributed by atoms with E-state index in [-0.39, 0.29) is 5.56 Å². The average Bonchev–Trinajstić information content (AvgIpc) is 2.71. The Labute approximate surface area is 157 Å². The van der Waals surface area contributed by atoms with Gasteiger partial charge in [0.25, 0.3) is 0 Å². The summed E-state index contributed by atoms with van der Waals surface area (Å²) in [6.07, 6.45) is 1.62. The normalized spacial score (nSPS) is 10.7. The van der Waals surface area contributed by atoms with E-state index in [0.29, 0.717) is 19.0 Å². The highest BCUT2D eigenvalue weighted by Crippen LogP contribution is 2.18. The molecule has 0 saturated carbocycles. The van der Waals surface area contributed by atoms with Crippen molar-refractivity contribution in [2.24, 2.45) is 5.16 Å². The molecular weight excluding hydrogens is 342 g/mol. The van der Waals surface area contributed by atoms with E-state index in [9.17, 15) is 4.79 Å². The maximum Gasteiger partial charge on any atom is 0.335 e. The van der Waals surface area contributed by atoms with E-state index < -0.39 is 5.97 Å². The van der Waals surface area contributed by atoms with Gasteiger partial charge in [-0.05, 0) is 35.4 Å². The molecule has 1 N–H and O–H groups in total. The fraction of sp³-hybridized carbons (Fsp3) is 0.0909. The maximum absolute atomic E-state index is 10.9. The molecule has 0 spiro atoms. The van der Waals surface area contributed by atoms with Crippen LogP contribution in [-0.4, -0.2) is 17.3 Å². The Hall–Kier alpha value is -3.60. The smallest absolute Gasteiger partial charge is 0.335 e.